The van der Waals surface area contributed by atoms with Crippen molar-refractivity contribution in [1.82, 2.24) is 0 Å². The summed E-state index contributed by atoms with van der Waals surface area (Å²) in [5, 5.41) is 8.11. The summed E-state index contributed by atoms with van der Waals surface area (Å²) in [5.41, 5.74) is -0.115. The minimum atomic E-state index is -0.115. The Hall–Kier alpha value is -0.590. The third kappa shape index (κ3) is 9.41. The maximum absolute atomic E-state index is 8.11. The Morgan fingerprint density at radius 2 is 1.91 bits per heavy atom. The van der Waals surface area contributed by atoms with Crippen LogP contribution in [0.3, 0.4) is 0 Å². The molecule has 0 radical (unpaired) electrons. The minimum absolute atomic E-state index is 0.115. The van der Waals surface area contributed by atoms with Gasteiger partial charge in [-0.3, -0.25) is 0 Å². The molecule has 0 N–H and O–H groups in total. The number of nitriles is 1. The number of ether oxygens (including phenoxy) is 2. The highest BCUT2D eigenvalue weighted by Crippen LogP contribution is 2.05. The zero-order valence-corrected chi connectivity index (χ0v) is 7.39. The van der Waals surface area contributed by atoms with Crippen molar-refractivity contribution in [1.29, 1.82) is 5.26 Å². The van der Waals surface area contributed by atoms with Crippen molar-refractivity contribution in [2.24, 2.45) is 0 Å². The summed E-state index contributed by atoms with van der Waals surface area (Å²) < 4.78 is 10.2. The molecule has 0 rings (SSSR count). The van der Waals surface area contributed by atoms with Crippen LogP contribution in [0.5, 0.6) is 0 Å². The molecule has 0 saturated carbocycles. The van der Waals surface area contributed by atoms with Gasteiger partial charge in [0.15, 0.2) is 0 Å². The molecule has 11 heavy (non-hydrogen) atoms. The van der Waals surface area contributed by atoms with E-state index in [0.717, 1.165) is 0 Å². The van der Waals surface area contributed by atoms with Crippen LogP contribution in [-0.2, 0) is 9.47 Å². The molecule has 0 saturated heterocycles. The molecular weight excluding hydrogens is 142 g/mol. The van der Waals surface area contributed by atoms with Crippen LogP contribution >= 0.6 is 0 Å². The van der Waals surface area contributed by atoms with Gasteiger partial charge in [0.1, 0.15) is 6.61 Å². The van der Waals surface area contributed by atoms with E-state index in [-0.39, 0.29) is 12.2 Å². The van der Waals surface area contributed by atoms with Gasteiger partial charge in [-0.25, -0.2) is 0 Å². The molecule has 0 atom stereocenters. The molecule has 0 amide bonds. The largest absolute Gasteiger partial charge is 0.373 e. The standard InChI is InChI=1S/C8H15NO2/c1-8(2,3)11-7-6-10-5-4-9/h5-7H2,1-3H3. The summed E-state index contributed by atoms with van der Waals surface area (Å²) in [6.45, 7) is 7.13. The smallest absolute Gasteiger partial charge is 0.133 e. The van der Waals surface area contributed by atoms with Crippen molar-refractivity contribution in [3.8, 4) is 6.07 Å². The third-order valence-electron chi connectivity index (χ3n) is 0.929. The Morgan fingerprint density at radius 3 is 2.36 bits per heavy atom. The quantitative estimate of drug-likeness (QED) is 0.578. The molecule has 3 heteroatoms. The van der Waals surface area contributed by atoms with Gasteiger partial charge >= 0.3 is 0 Å². The molecular formula is C8H15NO2. The summed E-state index contributed by atoms with van der Waals surface area (Å²) in [6.07, 6.45) is 0. The molecule has 64 valence electrons. The summed E-state index contributed by atoms with van der Waals surface area (Å²) >= 11 is 0. The number of nitrogens with zero attached hydrogens (tertiary/aromatic N) is 1. The molecule has 0 aliphatic rings. The molecule has 0 aliphatic heterocycles. The second-order valence-electron chi connectivity index (χ2n) is 3.17. The lowest BCUT2D eigenvalue weighted by Gasteiger charge is -2.18. The fourth-order valence-electron chi connectivity index (χ4n) is 0.525. The van der Waals surface area contributed by atoms with E-state index in [1.54, 1.807) is 0 Å². The first-order valence-electron chi connectivity index (χ1n) is 3.65. The van der Waals surface area contributed by atoms with Crippen molar-refractivity contribution >= 4 is 0 Å². The average molecular weight is 157 g/mol. The van der Waals surface area contributed by atoms with Gasteiger partial charge in [-0.15, -0.1) is 0 Å². The zero-order valence-electron chi connectivity index (χ0n) is 7.39. The van der Waals surface area contributed by atoms with Gasteiger partial charge in [0.25, 0.3) is 0 Å². The van der Waals surface area contributed by atoms with Crippen LogP contribution in [0.25, 0.3) is 0 Å². The Labute approximate surface area is 67.9 Å². The fourth-order valence-corrected chi connectivity index (χ4v) is 0.525. The lowest BCUT2D eigenvalue weighted by atomic mass is 10.2. The highest BCUT2D eigenvalue weighted by molar-refractivity contribution is 4.66. The van der Waals surface area contributed by atoms with E-state index in [0.29, 0.717) is 13.2 Å². The average Bonchev–Trinajstić information content (AvgIpc) is 1.85. The molecule has 0 unspecified atom stereocenters. The maximum atomic E-state index is 8.11. The van der Waals surface area contributed by atoms with Crippen molar-refractivity contribution in [2.75, 3.05) is 19.8 Å². The van der Waals surface area contributed by atoms with E-state index in [1.165, 1.54) is 0 Å². The Kier molecular flexibility index (Phi) is 4.84. The molecule has 0 fully saturated rings. The van der Waals surface area contributed by atoms with Gasteiger partial charge in [0.05, 0.1) is 24.9 Å². The van der Waals surface area contributed by atoms with Gasteiger partial charge in [-0.05, 0) is 20.8 Å². The zero-order chi connectivity index (χ0) is 8.74. The second-order valence-corrected chi connectivity index (χ2v) is 3.17. The van der Waals surface area contributed by atoms with Gasteiger partial charge in [-0.1, -0.05) is 0 Å². The van der Waals surface area contributed by atoms with Crippen molar-refractivity contribution in [3.63, 3.8) is 0 Å². The molecule has 3 nitrogen and oxygen atoms in total. The SMILES string of the molecule is CC(C)(C)OCCOCC#N. The van der Waals surface area contributed by atoms with E-state index < -0.39 is 0 Å². The van der Waals surface area contributed by atoms with Crippen LogP contribution in [-0.4, -0.2) is 25.4 Å². The lowest BCUT2D eigenvalue weighted by Crippen LogP contribution is -2.21. The molecule has 0 spiro atoms. The fraction of sp³-hybridized carbons (Fsp3) is 0.875. The summed E-state index contributed by atoms with van der Waals surface area (Å²) in [6, 6.07) is 1.89. The summed E-state index contributed by atoms with van der Waals surface area (Å²) in [4.78, 5) is 0. The Morgan fingerprint density at radius 1 is 1.27 bits per heavy atom. The van der Waals surface area contributed by atoms with E-state index in [9.17, 15) is 0 Å². The molecule has 0 aromatic rings. The van der Waals surface area contributed by atoms with Crippen LogP contribution in [0.2, 0.25) is 0 Å². The van der Waals surface area contributed by atoms with Gasteiger partial charge in [0, 0.05) is 0 Å². The van der Waals surface area contributed by atoms with E-state index in [2.05, 4.69) is 0 Å². The normalized spacial score (nSPS) is 11.1. The van der Waals surface area contributed by atoms with Crippen LogP contribution in [0.4, 0.5) is 0 Å². The molecule has 0 aromatic heterocycles. The molecule has 0 bridgehead atoms. The molecule has 0 aliphatic carbocycles. The second kappa shape index (κ2) is 5.11. The third-order valence-corrected chi connectivity index (χ3v) is 0.929. The highest BCUT2D eigenvalue weighted by Gasteiger charge is 2.08. The van der Waals surface area contributed by atoms with Gasteiger partial charge in [0.2, 0.25) is 0 Å². The molecule has 0 aromatic carbocycles. The monoisotopic (exact) mass is 157 g/mol. The first-order valence-corrected chi connectivity index (χ1v) is 3.65. The predicted molar refractivity (Wildman–Crippen MR) is 42.1 cm³/mol. The van der Waals surface area contributed by atoms with Crippen molar-refractivity contribution in [2.45, 2.75) is 26.4 Å². The lowest BCUT2D eigenvalue weighted by molar-refractivity contribution is -0.0308. The van der Waals surface area contributed by atoms with Crippen LogP contribution < -0.4 is 0 Å². The maximum Gasteiger partial charge on any atom is 0.133 e. The number of hydrogen-bond acceptors (Lipinski definition) is 3. The van der Waals surface area contributed by atoms with E-state index >= 15 is 0 Å². The van der Waals surface area contributed by atoms with E-state index in [4.69, 9.17) is 14.7 Å². The van der Waals surface area contributed by atoms with Crippen LogP contribution in [0, 0.1) is 11.3 Å². The first-order chi connectivity index (χ1) is 5.06. The number of rotatable bonds is 4. The topological polar surface area (TPSA) is 42.2 Å². The van der Waals surface area contributed by atoms with Crippen LogP contribution in [0.15, 0.2) is 0 Å². The van der Waals surface area contributed by atoms with Gasteiger partial charge in [-0.2, -0.15) is 5.26 Å². The van der Waals surface area contributed by atoms with Gasteiger partial charge < -0.3 is 9.47 Å². The molecule has 0 heterocycles. The Bertz CT molecular complexity index is 132. The van der Waals surface area contributed by atoms with Crippen LogP contribution in [0.1, 0.15) is 20.8 Å². The summed E-state index contributed by atoms with van der Waals surface area (Å²) in [5.74, 6) is 0. The Balaban J connectivity index is 3.10. The first kappa shape index (κ1) is 10.4. The number of hydrogen-bond donors (Lipinski definition) is 0. The minimum Gasteiger partial charge on any atom is -0.373 e. The predicted octanol–water partition coefficient (Wildman–Crippen LogP) is 1.34. The summed E-state index contributed by atoms with van der Waals surface area (Å²) in [7, 11) is 0. The van der Waals surface area contributed by atoms with Crippen molar-refractivity contribution < 1.29 is 9.47 Å². The van der Waals surface area contributed by atoms with E-state index in [1.807, 2.05) is 26.8 Å². The van der Waals surface area contributed by atoms with Crippen molar-refractivity contribution in [3.05, 3.63) is 0 Å². The highest BCUT2D eigenvalue weighted by atomic mass is 16.5.